The molecular formula is C15H21NO4. The lowest BCUT2D eigenvalue weighted by Gasteiger charge is -2.08. The van der Waals surface area contributed by atoms with Crippen LogP contribution in [0.1, 0.15) is 19.4 Å². The van der Waals surface area contributed by atoms with Crippen LogP contribution >= 0.6 is 0 Å². The summed E-state index contributed by atoms with van der Waals surface area (Å²) < 4.78 is 9.94. The summed E-state index contributed by atoms with van der Waals surface area (Å²) in [6.07, 6.45) is 0.140. The number of hydrogen-bond donors (Lipinski definition) is 1. The molecule has 0 radical (unpaired) electrons. The molecule has 1 aromatic carbocycles. The van der Waals surface area contributed by atoms with Gasteiger partial charge in [-0.2, -0.15) is 0 Å². The van der Waals surface area contributed by atoms with Crippen LogP contribution in [0.4, 0.5) is 0 Å². The number of rotatable bonds is 7. The number of benzene rings is 1. The van der Waals surface area contributed by atoms with Crippen molar-refractivity contribution >= 4 is 11.9 Å². The molecule has 1 aromatic rings. The zero-order chi connectivity index (χ0) is 15.0. The SMILES string of the molecule is COc1ccc(CC(=O)OCC(=O)NCC(C)C)cc1. The number of carbonyl (C=O) groups excluding carboxylic acids is 2. The Balaban J connectivity index is 2.30. The van der Waals surface area contributed by atoms with Crippen LogP contribution in [0.5, 0.6) is 5.75 Å². The lowest BCUT2D eigenvalue weighted by Crippen LogP contribution is -2.31. The summed E-state index contributed by atoms with van der Waals surface area (Å²) in [6.45, 7) is 4.34. The maximum atomic E-state index is 11.6. The highest BCUT2D eigenvalue weighted by Gasteiger charge is 2.08. The minimum absolute atomic E-state index is 0.140. The first-order valence-corrected chi connectivity index (χ1v) is 6.56. The molecule has 0 aliphatic rings. The Morgan fingerprint density at radius 3 is 2.40 bits per heavy atom. The van der Waals surface area contributed by atoms with Crippen LogP contribution < -0.4 is 10.1 Å². The standard InChI is InChI=1S/C15H21NO4/c1-11(2)9-16-14(17)10-20-15(18)8-12-4-6-13(19-3)7-5-12/h4-7,11H,8-10H2,1-3H3,(H,16,17). The minimum Gasteiger partial charge on any atom is -0.497 e. The van der Waals surface area contributed by atoms with Gasteiger partial charge in [-0.25, -0.2) is 0 Å². The zero-order valence-electron chi connectivity index (χ0n) is 12.1. The third-order valence-corrected chi connectivity index (χ3v) is 2.58. The van der Waals surface area contributed by atoms with Gasteiger partial charge in [0.05, 0.1) is 13.5 Å². The first kappa shape index (κ1) is 16.0. The summed E-state index contributed by atoms with van der Waals surface area (Å²) in [6, 6.07) is 7.13. The number of amides is 1. The molecule has 5 nitrogen and oxygen atoms in total. The molecule has 0 saturated carbocycles. The van der Waals surface area contributed by atoms with Crippen LogP contribution in [0.15, 0.2) is 24.3 Å². The van der Waals surface area contributed by atoms with Crippen molar-refractivity contribution in [1.82, 2.24) is 5.32 Å². The molecule has 1 amide bonds. The van der Waals surface area contributed by atoms with E-state index >= 15 is 0 Å². The van der Waals surface area contributed by atoms with Crippen molar-refractivity contribution in [3.8, 4) is 5.75 Å². The monoisotopic (exact) mass is 279 g/mol. The van der Waals surface area contributed by atoms with Crippen molar-refractivity contribution in [1.29, 1.82) is 0 Å². The van der Waals surface area contributed by atoms with E-state index in [1.165, 1.54) is 0 Å². The highest BCUT2D eigenvalue weighted by atomic mass is 16.5. The molecule has 0 saturated heterocycles. The van der Waals surface area contributed by atoms with Crippen LogP contribution in [0, 0.1) is 5.92 Å². The van der Waals surface area contributed by atoms with Crippen molar-refractivity contribution in [2.75, 3.05) is 20.3 Å². The lowest BCUT2D eigenvalue weighted by molar-refractivity contribution is -0.147. The number of carbonyl (C=O) groups is 2. The molecule has 20 heavy (non-hydrogen) atoms. The van der Waals surface area contributed by atoms with Crippen LogP contribution in [-0.4, -0.2) is 32.1 Å². The predicted molar refractivity (Wildman–Crippen MR) is 75.5 cm³/mol. The summed E-state index contributed by atoms with van der Waals surface area (Å²) in [7, 11) is 1.58. The number of methoxy groups -OCH3 is 1. The molecule has 0 fully saturated rings. The Bertz CT molecular complexity index is 440. The number of ether oxygens (including phenoxy) is 2. The average molecular weight is 279 g/mol. The maximum absolute atomic E-state index is 11.6. The second kappa shape index (κ2) is 8.19. The zero-order valence-corrected chi connectivity index (χ0v) is 12.1. The van der Waals surface area contributed by atoms with Crippen LogP contribution in [0.3, 0.4) is 0 Å². The smallest absolute Gasteiger partial charge is 0.310 e. The van der Waals surface area contributed by atoms with Gasteiger partial charge in [-0.1, -0.05) is 26.0 Å². The summed E-state index contributed by atoms with van der Waals surface area (Å²) >= 11 is 0. The second-order valence-corrected chi connectivity index (χ2v) is 4.88. The highest BCUT2D eigenvalue weighted by molar-refractivity contribution is 5.81. The Kier molecular flexibility index (Phi) is 6.56. The third-order valence-electron chi connectivity index (χ3n) is 2.58. The number of esters is 1. The van der Waals surface area contributed by atoms with E-state index in [4.69, 9.17) is 9.47 Å². The molecular weight excluding hydrogens is 258 g/mol. The summed E-state index contributed by atoms with van der Waals surface area (Å²) in [4.78, 5) is 23.0. The molecule has 0 atom stereocenters. The van der Waals surface area contributed by atoms with E-state index < -0.39 is 5.97 Å². The Labute approximate surface area is 119 Å². The van der Waals surface area contributed by atoms with Gasteiger partial charge in [0, 0.05) is 6.54 Å². The fourth-order valence-electron chi connectivity index (χ4n) is 1.48. The normalized spacial score (nSPS) is 10.2. The van der Waals surface area contributed by atoms with Crippen molar-refractivity contribution < 1.29 is 19.1 Å². The van der Waals surface area contributed by atoms with Gasteiger partial charge in [-0.05, 0) is 23.6 Å². The topological polar surface area (TPSA) is 64.6 Å². The first-order valence-electron chi connectivity index (χ1n) is 6.56. The summed E-state index contributed by atoms with van der Waals surface area (Å²) in [5.41, 5.74) is 0.818. The summed E-state index contributed by atoms with van der Waals surface area (Å²) in [5.74, 6) is 0.403. The van der Waals surface area contributed by atoms with Crippen LogP contribution in [0.25, 0.3) is 0 Å². The van der Waals surface area contributed by atoms with Gasteiger partial charge in [-0.15, -0.1) is 0 Å². The van der Waals surface area contributed by atoms with Gasteiger partial charge in [-0.3, -0.25) is 9.59 Å². The molecule has 1 N–H and O–H groups in total. The molecule has 0 aliphatic carbocycles. The lowest BCUT2D eigenvalue weighted by atomic mass is 10.1. The van der Waals surface area contributed by atoms with E-state index in [1.807, 2.05) is 13.8 Å². The molecule has 0 bridgehead atoms. The Morgan fingerprint density at radius 2 is 1.85 bits per heavy atom. The van der Waals surface area contributed by atoms with Gasteiger partial charge >= 0.3 is 5.97 Å². The molecule has 0 aliphatic heterocycles. The van der Waals surface area contributed by atoms with Crippen molar-refractivity contribution in [2.24, 2.45) is 5.92 Å². The van der Waals surface area contributed by atoms with E-state index in [1.54, 1.807) is 31.4 Å². The maximum Gasteiger partial charge on any atom is 0.310 e. The van der Waals surface area contributed by atoms with Crippen molar-refractivity contribution in [3.63, 3.8) is 0 Å². The van der Waals surface area contributed by atoms with Crippen LogP contribution in [-0.2, 0) is 20.7 Å². The van der Waals surface area contributed by atoms with Gasteiger partial charge < -0.3 is 14.8 Å². The van der Waals surface area contributed by atoms with E-state index in [9.17, 15) is 9.59 Å². The fourth-order valence-corrected chi connectivity index (χ4v) is 1.48. The van der Waals surface area contributed by atoms with E-state index in [-0.39, 0.29) is 18.9 Å². The Morgan fingerprint density at radius 1 is 1.20 bits per heavy atom. The van der Waals surface area contributed by atoms with E-state index in [0.29, 0.717) is 12.5 Å². The molecule has 0 aromatic heterocycles. The minimum atomic E-state index is -0.421. The van der Waals surface area contributed by atoms with Gasteiger partial charge in [0.2, 0.25) is 0 Å². The van der Waals surface area contributed by atoms with E-state index in [2.05, 4.69) is 5.32 Å². The first-order chi connectivity index (χ1) is 9.51. The van der Waals surface area contributed by atoms with Crippen LogP contribution in [0.2, 0.25) is 0 Å². The van der Waals surface area contributed by atoms with Crippen molar-refractivity contribution in [2.45, 2.75) is 20.3 Å². The number of nitrogens with one attached hydrogen (secondary N) is 1. The average Bonchev–Trinajstić information content (AvgIpc) is 2.43. The van der Waals surface area contributed by atoms with Gasteiger partial charge in [0.1, 0.15) is 5.75 Å². The molecule has 0 unspecified atom stereocenters. The quantitative estimate of drug-likeness (QED) is 0.769. The fraction of sp³-hybridized carbons (Fsp3) is 0.467. The van der Waals surface area contributed by atoms with Gasteiger partial charge in [0.15, 0.2) is 6.61 Å². The second-order valence-electron chi connectivity index (χ2n) is 4.88. The predicted octanol–water partition coefficient (Wildman–Crippen LogP) is 1.55. The number of hydrogen-bond acceptors (Lipinski definition) is 4. The van der Waals surface area contributed by atoms with E-state index in [0.717, 1.165) is 11.3 Å². The Hall–Kier alpha value is -2.04. The van der Waals surface area contributed by atoms with Crippen molar-refractivity contribution in [3.05, 3.63) is 29.8 Å². The molecule has 0 heterocycles. The van der Waals surface area contributed by atoms with Gasteiger partial charge in [0.25, 0.3) is 5.91 Å². The molecule has 110 valence electrons. The highest BCUT2D eigenvalue weighted by Crippen LogP contribution is 2.11. The third kappa shape index (κ3) is 6.22. The summed E-state index contributed by atoms with van der Waals surface area (Å²) in [5, 5.41) is 2.68. The largest absolute Gasteiger partial charge is 0.497 e. The molecule has 5 heteroatoms. The molecule has 0 spiro atoms. The molecule has 1 rings (SSSR count).